The van der Waals surface area contributed by atoms with Gasteiger partial charge >= 0.3 is 0 Å². The molecule has 0 aromatic heterocycles. The van der Waals surface area contributed by atoms with Gasteiger partial charge in [-0.3, -0.25) is 4.79 Å². The fourth-order valence-electron chi connectivity index (χ4n) is 2.91. The van der Waals surface area contributed by atoms with Crippen LogP contribution >= 0.6 is 15.9 Å². The highest BCUT2D eigenvalue weighted by Crippen LogP contribution is 2.18. The highest BCUT2D eigenvalue weighted by molar-refractivity contribution is 9.10. The molecule has 1 amide bonds. The molecular weight excluding hydrogens is 347 g/mol. The van der Waals surface area contributed by atoms with E-state index in [9.17, 15) is 9.18 Å². The maximum Gasteiger partial charge on any atom is 0.251 e. The first-order valence-electron chi connectivity index (χ1n) is 7.90. The molecular formula is C17H24BrFN2O. The van der Waals surface area contributed by atoms with Gasteiger partial charge in [0, 0.05) is 23.1 Å². The van der Waals surface area contributed by atoms with Gasteiger partial charge in [-0.2, -0.15) is 0 Å². The number of carbonyl (C=O) groups excluding carboxylic acids is 1. The average Bonchev–Trinajstić information content (AvgIpc) is 2.44. The molecule has 1 aromatic rings. The van der Waals surface area contributed by atoms with Crippen LogP contribution in [0.3, 0.4) is 0 Å². The molecule has 3 nitrogen and oxygen atoms in total. The zero-order valence-corrected chi connectivity index (χ0v) is 14.8. The molecule has 0 saturated carbocycles. The van der Waals surface area contributed by atoms with Crippen molar-refractivity contribution in [3.05, 3.63) is 34.1 Å². The van der Waals surface area contributed by atoms with E-state index < -0.39 is 5.82 Å². The molecule has 22 heavy (non-hydrogen) atoms. The summed E-state index contributed by atoms with van der Waals surface area (Å²) in [4.78, 5) is 14.6. The molecule has 1 N–H and O–H groups in total. The van der Waals surface area contributed by atoms with E-state index in [1.807, 2.05) is 0 Å². The number of hydrogen-bond donors (Lipinski definition) is 1. The Morgan fingerprint density at radius 3 is 2.64 bits per heavy atom. The zero-order valence-electron chi connectivity index (χ0n) is 13.2. The van der Waals surface area contributed by atoms with Crippen molar-refractivity contribution in [2.24, 2.45) is 11.8 Å². The second-order valence-corrected chi connectivity index (χ2v) is 7.42. The zero-order chi connectivity index (χ0) is 16.1. The highest BCUT2D eigenvalue weighted by atomic mass is 79.9. The lowest BCUT2D eigenvalue weighted by molar-refractivity contribution is 0.0934. The summed E-state index contributed by atoms with van der Waals surface area (Å²) in [5.74, 6) is 0.610. The van der Waals surface area contributed by atoms with Crippen LogP contribution in [0, 0.1) is 17.7 Å². The molecule has 0 unspecified atom stereocenters. The summed E-state index contributed by atoms with van der Waals surface area (Å²) in [5.41, 5.74) is 0.365. The van der Waals surface area contributed by atoms with Gasteiger partial charge in [-0.05, 0) is 56.0 Å². The SMILES string of the molecule is CC(C)CN1CCC(CNC(=O)c2cc(F)cc(Br)c2)CC1. The quantitative estimate of drug-likeness (QED) is 0.856. The smallest absolute Gasteiger partial charge is 0.251 e. The van der Waals surface area contributed by atoms with Crippen LogP contribution in [0.1, 0.15) is 37.0 Å². The number of nitrogens with zero attached hydrogens (tertiary/aromatic N) is 1. The molecule has 1 aromatic carbocycles. The molecule has 2 rings (SSSR count). The van der Waals surface area contributed by atoms with E-state index in [2.05, 4.69) is 40.0 Å². The number of nitrogens with one attached hydrogen (secondary N) is 1. The van der Waals surface area contributed by atoms with Crippen LogP contribution in [-0.2, 0) is 0 Å². The van der Waals surface area contributed by atoms with Crippen molar-refractivity contribution in [2.75, 3.05) is 26.2 Å². The standard InChI is InChI=1S/C17H24BrFN2O/c1-12(2)11-21-5-3-13(4-6-21)10-20-17(22)14-7-15(18)9-16(19)8-14/h7-9,12-13H,3-6,10-11H2,1-2H3,(H,20,22). The molecule has 1 aliphatic heterocycles. The van der Waals surface area contributed by atoms with Gasteiger partial charge in [-0.25, -0.2) is 4.39 Å². The van der Waals surface area contributed by atoms with Gasteiger partial charge in [-0.15, -0.1) is 0 Å². The molecule has 1 heterocycles. The lowest BCUT2D eigenvalue weighted by Crippen LogP contribution is -2.40. The summed E-state index contributed by atoms with van der Waals surface area (Å²) < 4.78 is 13.9. The van der Waals surface area contributed by atoms with Crippen molar-refractivity contribution in [1.82, 2.24) is 10.2 Å². The van der Waals surface area contributed by atoms with Crippen LogP contribution in [0.5, 0.6) is 0 Å². The first-order chi connectivity index (χ1) is 10.4. The van der Waals surface area contributed by atoms with Crippen LogP contribution in [0.15, 0.2) is 22.7 Å². The fourth-order valence-corrected chi connectivity index (χ4v) is 3.38. The normalized spacial score (nSPS) is 17.0. The van der Waals surface area contributed by atoms with Gasteiger partial charge in [0.05, 0.1) is 0 Å². The van der Waals surface area contributed by atoms with Gasteiger partial charge in [0.1, 0.15) is 5.82 Å². The Balaban J connectivity index is 1.78. The summed E-state index contributed by atoms with van der Waals surface area (Å²) >= 11 is 3.21. The third-order valence-electron chi connectivity index (χ3n) is 4.01. The van der Waals surface area contributed by atoms with Gasteiger partial charge in [0.15, 0.2) is 0 Å². The predicted molar refractivity (Wildman–Crippen MR) is 90.4 cm³/mol. The number of hydrogen-bond acceptors (Lipinski definition) is 2. The van der Waals surface area contributed by atoms with E-state index >= 15 is 0 Å². The lowest BCUT2D eigenvalue weighted by Gasteiger charge is -2.33. The van der Waals surface area contributed by atoms with Crippen LogP contribution < -0.4 is 5.32 Å². The Hall–Kier alpha value is -0.940. The Kier molecular flexibility index (Phi) is 6.38. The second-order valence-electron chi connectivity index (χ2n) is 6.51. The van der Waals surface area contributed by atoms with Crippen LogP contribution in [0.25, 0.3) is 0 Å². The van der Waals surface area contributed by atoms with E-state index in [4.69, 9.17) is 0 Å². The molecule has 0 spiro atoms. The Bertz CT molecular complexity index is 493. The van der Waals surface area contributed by atoms with Crippen molar-refractivity contribution in [3.63, 3.8) is 0 Å². The summed E-state index contributed by atoms with van der Waals surface area (Å²) in [7, 11) is 0. The van der Waals surface area contributed by atoms with E-state index in [1.165, 1.54) is 12.1 Å². The second kappa shape index (κ2) is 8.06. The molecule has 1 aliphatic rings. The number of benzene rings is 1. The molecule has 0 radical (unpaired) electrons. The molecule has 0 aliphatic carbocycles. The average molecular weight is 371 g/mol. The molecule has 1 fully saturated rings. The number of carbonyl (C=O) groups is 1. The van der Waals surface area contributed by atoms with Crippen molar-refractivity contribution < 1.29 is 9.18 Å². The van der Waals surface area contributed by atoms with Crippen molar-refractivity contribution in [2.45, 2.75) is 26.7 Å². The van der Waals surface area contributed by atoms with E-state index in [0.717, 1.165) is 32.5 Å². The predicted octanol–water partition coefficient (Wildman–Crippen LogP) is 3.69. The molecule has 122 valence electrons. The number of rotatable bonds is 5. The fraction of sp³-hybridized carbons (Fsp3) is 0.588. The molecule has 0 atom stereocenters. The first-order valence-corrected chi connectivity index (χ1v) is 8.70. The minimum atomic E-state index is -0.401. The number of piperidine rings is 1. The number of amides is 1. The molecule has 0 bridgehead atoms. The van der Waals surface area contributed by atoms with E-state index in [-0.39, 0.29) is 5.91 Å². The van der Waals surface area contributed by atoms with Gasteiger partial charge < -0.3 is 10.2 Å². The van der Waals surface area contributed by atoms with Crippen LogP contribution in [-0.4, -0.2) is 37.0 Å². The minimum absolute atomic E-state index is 0.204. The first kappa shape index (κ1) is 17.4. The van der Waals surface area contributed by atoms with Gasteiger partial charge in [0.25, 0.3) is 5.91 Å². The topological polar surface area (TPSA) is 32.3 Å². The third-order valence-corrected chi connectivity index (χ3v) is 4.46. The number of halogens is 2. The minimum Gasteiger partial charge on any atom is -0.352 e. The Morgan fingerprint density at radius 2 is 2.05 bits per heavy atom. The van der Waals surface area contributed by atoms with E-state index in [1.54, 1.807) is 6.07 Å². The maximum absolute atomic E-state index is 13.3. The van der Waals surface area contributed by atoms with Gasteiger partial charge in [-0.1, -0.05) is 29.8 Å². The largest absolute Gasteiger partial charge is 0.352 e. The highest BCUT2D eigenvalue weighted by Gasteiger charge is 2.20. The maximum atomic E-state index is 13.3. The molecule has 1 saturated heterocycles. The summed E-state index contributed by atoms with van der Waals surface area (Å²) in [6.45, 7) is 8.50. The van der Waals surface area contributed by atoms with Crippen molar-refractivity contribution in [1.29, 1.82) is 0 Å². The van der Waals surface area contributed by atoms with Crippen LogP contribution in [0.2, 0.25) is 0 Å². The lowest BCUT2D eigenvalue weighted by atomic mass is 9.96. The van der Waals surface area contributed by atoms with Crippen molar-refractivity contribution >= 4 is 21.8 Å². The summed E-state index contributed by atoms with van der Waals surface area (Å²) in [5, 5.41) is 2.93. The summed E-state index contributed by atoms with van der Waals surface area (Å²) in [6, 6.07) is 4.26. The Labute approximate surface area is 140 Å². The molecule has 5 heteroatoms. The van der Waals surface area contributed by atoms with Gasteiger partial charge in [0.2, 0.25) is 0 Å². The van der Waals surface area contributed by atoms with Crippen LogP contribution in [0.4, 0.5) is 4.39 Å². The van der Waals surface area contributed by atoms with Crippen molar-refractivity contribution in [3.8, 4) is 0 Å². The Morgan fingerprint density at radius 1 is 1.36 bits per heavy atom. The van der Waals surface area contributed by atoms with E-state index in [0.29, 0.717) is 28.4 Å². The number of likely N-dealkylation sites (tertiary alicyclic amines) is 1. The third kappa shape index (κ3) is 5.36. The summed E-state index contributed by atoms with van der Waals surface area (Å²) in [6.07, 6.45) is 2.22. The monoisotopic (exact) mass is 370 g/mol.